The Kier molecular flexibility index (Phi) is 10.5. The summed E-state index contributed by atoms with van der Waals surface area (Å²) < 4.78 is 0. The molecule has 0 spiro atoms. The molecule has 0 N–H and O–H groups in total. The molecule has 0 amide bonds. The molecule has 23 heavy (non-hydrogen) atoms. The second-order valence-corrected chi connectivity index (χ2v) is 9.28. The Labute approximate surface area is 148 Å². The molecule has 0 fully saturated rings. The molecule has 2 atom stereocenters. The minimum absolute atomic E-state index is 0.335. The maximum Gasteiger partial charge on any atom is -0.0147 e. The van der Waals surface area contributed by atoms with E-state index in [4.69, 9.17) is 0 Å². The first-order valence-electron chi connectivity index (χ1n) is 10.3. The highest BCUT2D eigenvalue weighted by Gasteiger charge is 2.23. The van der Waals surface area contributed by atoms with E-state index in [-0.39, 0.29) is 0 Å². The van der Waals surface area contributed by atoms with Crippen LogP contribution >= 0.6 is 0 Å². The topological polar surface area (TPSA) is 0 Å². The van der Waals surface area contributed by atoms with Crippen LogP contribution in [0.3, 0.4) is 0 Å². The first kappa shape index (κ1) is 22.7. The van der Waals surface area contributed by atoms with Gasteiger partial charge in [0.25, 0.3) is 0 Å². The van der Waals surface area contributed by atoms with E-state index >= 15 is 0 Å². The van der Waals surface area contributed by atoms with Gasteiger partial charge in [-0.3, -0.25) is 0 Å². The Bertz CT molecular complexity index is 332. The molecule has 0 nitrogen and oxygen atoms in total. The van der Waals surface area contributed by atoms with Crippen molar-refractivity contribution in [3.05, 3.63) is 11.6 Å². The molecule has 0 heterocycles. The SMILES string of the molecule is CCCC(C)C(CC)CCCC(C)(C)C=C(C)C(C)(C)CCC. The van der Waals surface area contributed by atoms with Crippen molar-refractivity contribution >= 4 is 0 Å². The standard InChI is InChI=1S/C23H46/c1-10-14-19(4)21(12-3)15-13-17-22(6,7)18-20(5)23(8,9)16-11-2/h18-19,21H,10-17H2,1-9H3. The van der Waals surface area contributed by atoms with Gasteiger partial charge in [0.1, 0.15) is 0 Å². The molecule has 0 aromatic heterocycles. The zero-order chi connectivity index (χ0) is 18.1. The molecule has 0 aliphatic rings. The molecule has 0 aromatic carbocycles. The first-order chi connectivity index (χ1) is 10.6. The highest BCUT2D eigenvalue weighted by Crippen LogP contribution is 2.37. The predicted octanol–water partition coefficient (Wildman–Crippen LogP) is 8.42. The van der Waals surface area contributed by atoms with Crippen molar-refractivity contribution in [2.45, 2.75) is 114 Å². The van der Waals surface area contributed by atoms with Crippen LogP contribution in [0.5, 0.6) is 0 Å². The summed E-state index contributed by atoms with van der Waals surface area (Å²) in [6, 6.07) is 0. The van der Waals surface area contributed by atoms with Crippen LogP contribution in [-0.4, -0.2) is 0 Å². The van der Waals surface area contributed by atoms with Crippen molar-refractivity contribution in [1.29, 1.82) is 0 Å². The van der Waals surface area contributed by atoms with Crippen LogP contribution in [0.2, 0.25) is 0 Å². The molecule has 0 saturated carbocycles. The molecule has 2 unspecified atom stereocenters. The minimum Gasteiger partial charge on any atom is -0.0794 e. The van der Waals surface area contributed by atoms with Crippen LogP contribution in [0.15, 0.2) is 11.6 Å². The lowest BCUT2D eigenvalue weighted by Gasteiger charge is -2.30. The number of rotatable bonds is 12. The molecule has 0 bridgehead atoms. The van der Waals surface area contributed by atoms with E-state index in [1.165, 1.54) is 51.4 Å². The van der Waals surface area contributed by atoms with Crippen LogP contribution in [0.4, 0.5) is 0 Å². The van der Waals surface area contributed by atoms with Gasteiger partial charge in [0.05, 0.1) is 0 Å². The Balaban J connectivity index is 4.57. The summed E-state index contributed by atoms with van der Waals surface area (Å²) in [4.78, 5) is 0. The summed E-state index contributed by atoms with van der Waals surface area (Å²) in [5, 5.41) is 0. The second-order valence-electron chi connectivity index (χ2n) is 9.28. The Morgan fingerprint density at radius 2 is 1.52 bits per heavy atom. The first-order valence-corrected chi connectivity index (χ1v) is 10.3. The molecule has 0 radical (unpaired) electrons. The molecule has 0 rings (SSSR count). The van der Waals surface area contributed by atoms with Gasteiger partial charge >= 0.3 is 0 Å². The van der Waals surface area contributed by atoms with E-state index in [1.807, 2.05) is 0 Å². The third kappa shape index (κ3) is 8.96. The Morgan fingerprint density at radius 1 is 0.913 bits per heavy atom. The summed E-state index contributed by atoms with van der Waals surface area (Å²) in [6.07, 6.45) is 13.3. The number of hydrogen-bond acceptors (Lipinski definition) is 0. The van der Waals surface area contributed by atoms with Gasteiger partial charge in [-0.2, -0.15) is 0 Å². The molecule has 138 valence electrons. The van der Waals surface area contributed by atoms with Gasteiger partial charge in [-0.25, -0.2) is 0 Å². The molecule has 0 saturated heterocycles. The van der Waals surface area contributed by atoms with Gasteiger partial charge in [-0.15, -0.1) is 0 Å². The Hall–Kier alpha value is -0.260. The van der Waals surface area contributed by atoms with E-state index in [1.54, 1.807) is 5.57 Å². The fourth-order valence-corrected chi connectivity index (χ4v) is 4.08. The summed E-state index contributed by atoms with van der Waals surface area (Å²) in [5.41, 5.74) is 2.27. The third-order valence-corrected chi connectivity index (χ3v) is 6.02. The monoisotopic (exact) mass is 322 g/mol. The molecular formula is C23H46. The largest absolute Gasteiger partial charge is 0.0794 e. The summed E-state index contributed by atoms with van der Waals surface area (Å²) >= 11 is 0. The van der Waals surface area contributed by atoms with Gasteiger partial charge in [-0.1, -0.05) is 106 Å². The zero-order valence-electron chi connectivity index (χ0n) is 17.9. The lowest BCUT2D eigenvalue weighted by molar-refractivity contribution is 0.281. The highest BCUT2D eigenvalue weighted by atomic mass is 14.3. The van der Waals surface area contributed by atoms with Gasteiger partial charge in [0.2, 0.25) is 0 Å². The van der Waals surface area contributed by atoms with E-state index in [2.05, 4.69) is 68.4 Å². The van der Waals surface area contributed by atoms with Crippen LogP contribution in [0.25, 0.3) is 0 Å². The maximum absolute atomic E-state index is 2.57. The fraction of sp³-hybridized carbons (Fsp3) is 0.913. The summed E-state index contributed by atoms with van der Waals surface area (Å²) in [6.45, 7) is 21.4. The van der Waals surface area contributed by atoms with Gasteiger partial charge < -0.3 is 0 Å². The normalized spacial score (nSPS) is 16.5. The zero-order valence-corrected chi connectivity index (χ0v) is 17.9. The average molecular weight is 323 g/mol. The van der Waals surface area contributed by atoms with E-state index in [0.29, 0.717) is 10.8 Å². The fourth-order valence-electron chi connectivity index (χ4n) is 4.08. The van der Waals surface area contributed by atoms with Crippen LogP contribution in [0.1, 0.15) is 114 Å². The van der Waals surface area contributed by atoms with Gasteiger partial charge in [0, 0.05) is 0 Å². The van der Waals surface area contributed by atoms with E-state index in [0.717, 1.165) is 11.8 Å². The number of allylic oxidation sites excluding steroid dienone is 2. The van der Waals surface area contributed by atoms with Crippen molar-refractivity contribution in [2.24, 2.45) is 22.7 Å². The van der Waals surface area contributed by atoms with Crippen molar-refractivity contribution in [3.8, 4) is 0 Å². The molecule has 0 aliphatic carbocycles. The van der Waals surface area contributed by atoms with Crippen LogP contribution in [-0.2, 0) is 0 Å². The van der Waals surface area contributed by atoms with Crippen molar-refractivity contribution < 1.29 is 0 Å². The maximum atomic E-state index is 2.57. The lowest BCUT2D eigenvalue weighted by Crippen LogP contribution is -2.17. The van der Waals surface area contributed by atoms with Crippen LogP contribution < -0.4 is 0 Å². The predicted molar refractivity (Wildman–Crippen MR) is 108 cm³/mol. The molecular weight excluding hydrogens is 276 g/mol. The quantitative estimate of drug-likeness (QED) is 0.316. The highest BCUT2D eigenvalue weighted by molar-refractivity contribution is 5.13. The molecule has 0 aliphatic heterocycles. The van der Waals surface area contributed by atoms with Crippen molar-refractivity contribution in [3.63, 3.8) is 0 Å². The summed E-state index contributed by atoms with van der Waals surface area (Å²) in [5.74, 6) is 1.82. The molecule has 0 aromatic rings. The van der Waals surface area contributed by atoms with E-state index in [9.17, 15) is 0 Å². The second kappa shape index (κ2) is 10.6. The van der Waals surface area contributed by atoms with Crippen LogP contribution in [0, 0.1) is 22.7 Å². The third-order valence-electron chi connectivity index (χ3n) is 6.02. The smallest absolute Gasteiger partial charge is 0.0147 e. The minimum atomic E-state index is 0.335. The Morgan fingerprint density at radius 3 is 2.00 bits per heavy atom. The number of hydrogen-bond donors (Lipinski definition) is 0. The molecule has 0 heteroatoms. The average Bonchev–Trinajstić information content (AvgIpc) is 2.43. The van der Waals surface area contributed by atoms with Gasteiger partial charge in [0.15, 0.2) is 0 Å². The van der Waals surface area contributed by atoms with Crippen molar-refractivity contribution in [1.82, 2.24) is 0 Å². The van der Waals surface area contributed by atoms with Crippen molar-refractivity contribution in [2.75, 3.05) is 0 Å². The van der Waals surface area contributed by atoms with E-state index < -0.39 is 0 Å². The summed E-state index contributed by atoms with van der Waals surface area (Å²) in [7, 11) is 0. The lowest BCUT2D eigenvalue weighted by atomic mass is 9.75. The van der Waals surface area contributed by atoms with Gasteiger partial charge in [-0.05, 0) is 42.4 Å².